The Morgan fingerprint density at radius 2 is 1.52 bits per heavy atom. The maximum absolute atomic E-state index is 12.6. The molecule has 4 rings (SSSR count). The topological polar surface area (TPSA) is 50.5 Å². The lowest BCUT2D eigenvalue weighted by atomic mass is 9.71. The van der Waals surface area contributed by atoms with E-state index in [4.69, 9.17) is 4.42 Å². The Kier molecular flexibility index (Phi) is 5.11. The molecule has 1 aliphatic heterocycles. The number of carbonyl (C=O) groups excluding carboxylic acids is 2. The van der Waals surface area contributed by atoms with Gasteiger partial charge in [-0.05, 0) is 77.4 Å². The Labute approximate surface area is 184 Å². The van der Waals surface area contributed by atoms with Gasteiger partial charge in [0.05, 0.1) is 23.1 Å². The van der Waals surface area contributed by atoms with Gasteiger partial charge in [-0.25, -0.2) is 0 Å². The molecule has 0 saturated heterocycles. The Hall–Kier alpha value is -2.41. The first-order valence-electron chi connectivity index (χ1n) is 9.63. The van der Waals surface area contributed by atoms with E-state index in [9.17, 15) is 9.59 Å². The van der Waals surface area contributed by atoms with Crippen molar-refractivity contribution in [2.75, 3.05) is 0 Å². The molecule has 29 heavy (non-hydrogen) atoms. The predicted octanol–water partition coefficient (Wildman–Crippen LogP) is 5.64. The van der Waals surface area contributed by atoms with E-state index in [1.807, 2.05) is 12.1 Å². The van der Waals surface area contributed by atoms with Crippen molar-refractivity contribution in [3.8, 4) is 0 Å². The zero-order valence-electron chi connectivity index (χ0n) is 16.6. The highest BCUT2D eigenvalue weighted by Gasteiger charge is 2.38. The number of carbonyl (C=O) groups is 2. The average Bonchev–Trinajstić information content (AvgIpc) is 3.28. The molecule has 0 saturated carbocycles. The van der Waals surface area contributed by atoms with Crippen LogP contribution >= 0.6 is 22.6 Å². The SMILES string of the molecule is CC(C)C(C)(c1ccc(I)cc1)c1ccc(CN2C(=O)c3ccccc3C2=O)o1. The van der Waals surface area contributed by atoms with Crippen molar-refractivity contribution in [1.29, 1.82) is 0 Å². The molecule has 0 spiro atoms. The van der Waals surface area contributed by atoms with Gasteiger partial charge in [-0.15, -0.1) is 0 Å². The van der Waals surface area contributed by atoms with E-state index in [1.165, 1.54) is 14.0 Å². The Bertz CT molecular complexity index is 1050. The number of hydrogen-bond acceptors (Lipinski definition) is 3. The van der Waals surface area contributed by atoms with E-state index in [-0.39, 0.29) is 23.8 Å². The Morgan fingerprint density at radius 1 is 0.931 bits per heavy atom. The number of furan rings is 1. The third-order valence-electron chi connectivity index (χ3n) is 5.96. The second-order valence-corrected chi connectivity index (χ2v) is 9.12. The summed E-state index contributed by atoms with van der Waals surface area (Å²) < 4.78 is 7.39. The number of rotatable bonds is 5. The monoisotopic (exact) mass is 499 g/mol. The molecule has 148 valence electrons. The molecule has 2 amide bonds. The number of nitrogens with zero attached hydrogens (tertiary/aromatic N) is 1. The van der Waals surface area contributed by atoms with Crippen molar-refractivity contribution in [3.05, 3.63) is 92.4 Å². The van der Waals surface area contributed by atoms with E-state index in [2.05, 4.69) is 67.6 Å². The Balaban J connectivity index is 1.63. The lowest BCUT2D eigenvalue weighted by Crippen LogP contribution is -2.30. The maximum Gasteiger partial charge on any atom is 0.261 e. The summed E-state index contributed by atoms with van der Waals surface area (Å²) >= 11 is 2.30. The van der Waals surface area contributed by atoms with Crippen LogP contribution in [0.2, 0.25) is 0 Å². The summed E-state index contributed by atoms with van der Waals surface area (Å²) in [6.07, 6.45) is 0. The molecule has 1 aromatic heterocycles. The van der Waals surface area contributed by atoms with Gasteiger partial charge in [-0.2, -0.15) is 0 Å². The second-order valence-electron chi connectivity index (χ2n) is 7.87. The van der Waals surface area contributed by atoms with Crippen LogP contribution < -0.4 is 0 Å². The van der Waals surface area contributed by atoms with Gasteiger partial charge >= 0.3 is 0 Å². The minimum atomic E-state index is -0.315. The van der Waals surface area contributed by atoms with Gasteiger partial charge in [0.25, 0.3) is 11.8 Å². The second kappa shape index (κ2) is 7.44. The third kappa shape index (κ3) is 3.31. The molecule has 0 bridgehead atoms. The summed E-state index contributed by atoms with van der Waals surface area (Å²) in [4.78, 5) is 26.5. The highest BCUT2D eigenvalue weighted by atomic mass is 127. The van der Waals surface area contributed by atoms with Crippen LogP contribution in [0.15, 0.2) is 65.1 Å². The molecule has 3 aromatic rings. The minimum Gasteiger partial charge on any atom is -0.463 e. The van der Waals surface area contributed by atoms with Gasteiger partial charge in [0.2, 0.25) is 0 Å². The van der Waals surface area contributed by atoms with Crippen molar-refractivity contribution in [3.63, 3.8) is 0 Å². The zero-order valence-corrected chi connectivity index (χ0v) is 18.8. The number of hydrogen-bond donors (Lipinski definition) is 0. The van der Waals surface area contributed by atoms with Gasteiger partial charge < -0.3 is 4.42 Å². The summed E-state index contributed by atoms with van der Waals surface area (Å²) in [5.41, 5.74) is 1.77. The fourth-order valence-corrected chi connectivity index (χ4v) is 4.20. The van der Waals surface area contributed by atoms with Crippen molar-refractivity contribution < 1.29 is 14.0 Å². The van der Waals surface area contributed by atoms with E-state index in [1.54, 1.807) is 24.3 Å². The van der Waals surface area contributed by atoms with Crippen LogP contribution in [0.25, 0.3) is 0 Å². The van der Waals surface area contributed by atoms with Crippen molar-refractivity contribution in [1.82, 2.24) is 4.90 Å². The van der Waals surface area contributed by atoms with E-state index in [0.29, 0.717) is 22.8 Å². The number of amides is 2. The zero-order chi connectivity index (χ0) is 20.8. The van der Waals surface area contributed by atoms with E-state index < -0.39 is 0 Å². The van der Waals surface area contributed by atoms with Crippen LogP contribution in [0.1, 0.15) is 58.6 Å². The van der Waals surface area contributed by atoms with E-state index >= 15 is 0 Å². The Morgan fingerprint density at radius 3 is 2.07 bits per heavy atom. The van der Waals surface area contributed by atoms with Gasteiger partial charge in [0.1, 0.15) is 11.5 Å². The summed E-state index contributed by atoms with van der Waals surface area (Å²) in [7, 11) is 0. The van der Waals surface area contributed by atoms with Crippen LogP contribution in [0.3, 0.4) is 0 Å². The molecular weight excluding hydrogens is 477 g/mol. The molecule has 0 fully saturated rings. The van der Waals surface area contributed by atoms with Crippen LogP contribution in [-0.2, 0) is 12.0 Å². The largest absolute Gasteiger partial charge is 0.463 e. The highest BCUT2D eigenvalue weighted by Crippen LogP contribution is 2.40. The van der Waals surface area contributed by atoms with Crippen LogP contribution in [-0.4, -0.2) is 16.7 Å². The van der Waals surface area contributed by atoms with Gasteiger partial charge in [0.15, 0.2) is 0 Å². The fourth-order valence-electron chi connectivity index (χ4n) is 3.84. The maximum atomic E-state index is 12.6. The summed E-state index contributed by atoms with van der Waals surface area (Å²) in [5.74, 6) is 1.19. The van der Waals surface area contributed by atoms with E-state index in [0.717, 1.165) is 5.76 Å². The number of halogens is 1. The van der Waals surface area contributed by atoms with Gasteiger partial charge in [-0.1, -0.05) is 38.1 Å². The first kappa shape index (κ1) is 19.9. The lowest BCUT2D eigenvalue weighted by molar-refractivity contribution is 0.0630. The molecule has 1 aliphatic rings. The molecular formula is C24H22INO3. The molecule has 0 N–H and O–H groups in total. The highest BCUT2D eigenvalue weighted by molar-refractivity contribution is 14.1. The minimum absolute atomic E-state index is 0.132. The molecule has 1 atom stereocenters. The normalized spacial score (nSPS) is 15.7. The molecule has 5 heteroatoms. The summed E-state index contributed by atoms with van der Waals surface area (Å²) in [6, 6.07) is 19.2. The first-order chi connectivity index (χ1) is 13.8. The van der Waals surface area contributed by atoms with Crippen molar-refractivity contribution in [2.45, 2.75) is 32.7 Å². The quantitative estimate of drug-likeness (QED) is 0.337. The smallest absolute Gasteiger partial charge is 0.261 e. The lowest BCUT2D eigenvalue weighted by Gasteiger charge is -2.32. The molecule has 2 heterocycles. The average molecular weight is 499 g/mol. The number of benzene rings is 2. The molecule has 0 radical (unpaired) electrons. The predicted molar refractivity (Wildman–Crippen MR) is 120 cm³/mol. The van der Waals surface area contributed by atoms with Crippen molar-refractivity contribution >= 4 is 34.4 Å². The summed E-state index contributed by atoms with van der Waals surface area (Å²) in [5, 5.41) is 0. The standard InChI is InChI=1S/C24H22INO3/c1-15(2)24(3,16-8-10-17(25)11-9-16)21-13-12-18(29-21)14-26-22(27)19-6-4-5-7-20(19)23(26)28/h4-13,15H,14H2,1-3H3. The fraction of sp³-hybridized carbons (Fsp3) is 0.250. The number of imide groups is 1. The summed E-state index contributed by atoms with van der Waals surface area (Å²) in [6.45, 7) is 6.65. The van der Waals surface area contributed by atoms with Crippen LogP contribution in [0, 0.1) is 9.49 Å². The molecule has 1 unspecified atom stereocenters. The van der Waals surface area contributed by atoms with Gasteiger partial charge in [0, 0.05) is 3.57 Å². The van der Waals surface area contributed by atoms with Crippen LogP contribution in [0.5, 0.6) is 0 Å². The van der Waals surface area contributed by atoms with Crippen LogP contribution in [0.4, 0.5) is 0 Å². The number of fused-ring (bicyclic) bond motifs is 1. The first-order valence-corrected chi connectivity index (χ1v) is 10.7. The molecule has 2 aromatic carbocycles. The molecule has 4 nitrogen and oxygen atoms in total. The molecule has 0 aliphatic carbocycles. The van der Waals surface area contributed by atoms with Gasteiger partial charge in [-0.3, -0.25) is 14.5 Å². The van der Waals surface area contributed by atoms with Crippen molar-refractivity contribution in [2.24, 2.45) is 5.92 Å². The third-order valence-corrected chi connectivity index (χ3v) is 6.68.